The van der Waals surface area contributed by atoms with Crippen LogP contribution >= 0.6 is 0 Å². The first-order chi connectivity index (χ1) is 10.2. The van der Waals surface area contributed by atoms with Gasteiger partial charge in [0.1, 0.15) is 0 Å². The largest absolute Gasteiger partial charge is 0.396 e. The molecule has 0 aliphatic rings. The van der Waals surface area contributed by atoms with Crippen LogP contribution in [-0.4, -0.2) is 46.9 Å². The molecule has 0 radical (unpaired) electrons. The van der Waals surface area contributed by atoms with E-state index in [0.29, 0.717) is 0 Å². The van der Waals surface area contributed by atoms with E-state index in [2.05, 4.69) is 0 Å². The molecule has 156 valence electrons. The van der Waals surface area contributed by atoms with Crippen molar-refractivity contribution < 1.29 is 42.1 Å². The van der Waals surface area contributed by atoms with Gasteiger partial charge in [0.25, 0.3) is 0 Å². The molecule has 0 aliphatic heterocycles. The molecule has 0 spiro atoms. The van der Waals surface area contributed by atoms with Crippen molar-refractivity contribution in [2.45, 2.75) is 83.1 Å². The maximum atomic E-state index is 8.40. The Morgan fingerprint density at radius 2 is 0.400 bits per heavy atom. The molecule has 25 heavy (non-hydrogen) atoms. The van der Waals surface area contributed by atoms with Crippen LogP contribution in [0.3, 0.4) is 0 Å². The molecule has 0 saturated carbocycles. The van der Waals surface area contributed by atoms with Gasteiger partial charge in [-0.1, -0.05) is 83.1 Å². The van der Waals surface area contributed by atoms with Crippen molar-refractivity contribution in [2.24, 2.45) is 21.7 Å². The molecule has 0 aromatic rings. The summed E-state index contributed by atoms with van der Waals surface area (Å²) in [5, 5.41) is 33.6. The minimum Gasteiger partial charge on any atom is -0.396 e. The van der Waals surface area contributed by atoms with Gasteiger partial charge in [-0.2, -0.15) is 0 Å². The number of hydrogen-bond acceptors (Lipinski definition) is 4. The molecular formula is C20H48O4Ti. The number of rotatable bonds is 0. The Kier molecular flexibility index (Phi) is 24.4. The van der Waals surface area contributed by atoms with Crippen molar-refractivity contribution in [1.29, 1.82) is 0 Å². The van der Waals surface area contributed by atoms with Gasteiger partial charge in [0.05, 0.1) is 0 Å². The summed E-state index contributed by atoms with van der Waals surface area (Å²) in [5.41, 5.74) is 0.389. The van der Waals surface area contributed by atoms with E-state index in [9.17, 15) is 0 Å². The monoisotopic (exact) mass is 400 g/mol. The predicted molar refractivity (Wildman–Crippen MR) is 106 cm³/mol. The minimum absolute atomic E-state index is 0. The Morgan fingerprint density at radius 1 is 0.360 bits per heavy atom. The van der Waals surface area contributed by atoms with Gasteiger partial charge in [-0.15, -0.1) is 0 Å². The zero-order valence-electron chi connectivity index (χ0n) is 19.1. The van der Waals surface area contributed by atoms with E-state index in [1.165, 1.54) is 0 Å². The van der Waals surface area contributed by atoms with Crippen LogP contribution in [0.4, 0.5) is 0 Å². The summed E-state index contributed by atoms with van der Waals surface area (Å²) < 4.78 is 0. The van der Waals surface area contributed by atoms with Crippen LogP contribution < -0.4 is 0 Å². The van der Waals surface area contributed by atoms with Gasteiger partial charge in [0, 0.05) is 48.1 Å². The quantitative estimate of drug-likeness (QED) is 0.462. The number of hydrogen-bond donors (Lipinski definition) is 4. The summed E-state index contributed by atoms with van der Waals surface area (Å²) in [6.45, 7) is 25.0. The predicted octanol–water partition coefficient (Wildman–Crippen LogP) is 4.10. The van der Waals surface area contributed by atoms with Gasteiger partial charge in [-0.25, -0.2) is 0 Å². The van der Waals surface area contributed by atoms with Crippen molar-refractivity contribution in [3.05, 3.63) is 0 Å². The Hall–Kier alpha value is 0.554. The second kappa shape index (κ2) is 16.7. The van der Waals surface area contributed by atoms with Gasteiger partial charge < -0.3 is 20.4 Å². The van der Waals surface area contributed by atoms with Crippen molar-refractivity contribution >= 4 is 0 Å². The molecule has 4 nitrogen and oxygen atoms in total. The third-order valence-electron chi connectivity index (χ3n) is 1.90. The average Bonchev–Trinajstić information content (AvgIpc) is 2.37. The Balaban J connectivity index is -0.0000000702. The first-order valence-electron chi connectivity index (χ1n) is 8.68. The van der Waals surface area contributed by atoms with Crippen molar-refractivity contribution in [3.8, 4) is 0 Å². The van der Waals surface area contributed by atoms with Gasteiger partial charge in [-0.3, -0.25) is 0 Å². The fraction of sp³-hybridized carbons (Fsp3) is 1.00. The zero-order chi connectivity index (χ0) is 20.8. The number of aliphatic hydroxyl groups is 4. The summed E-state index contributed by atoms with van der Waals surface area (Å²) in [7, 11) is 0. The minimum atomic E-state index is 0. The molecule has 0 aromatic carbocycles. The first kappa shape index (κ1) is 36.5. The van der Waals surface area contributed by atoms with Gasteiger partial charge in [0.15, 0.2) is 0 Å². The molecular weight excluding hydrogens is 352 g/mol. The van der Waals surface area contributed by atoms with Crippen LogP contribution in [0.2, 0.25) is 0 Å². The molecule has 0 rings (SSSR count). The zero-order valence-corrected chi connectivity index (χ0v) is 20.7. The standard InChI is InChI=1S/4C5H12O.Ti/c4*1-5(2,3)4-6;/h4*6H,4H2,1-3H3;. The second-order valence-electron chi connectivity index (χ2n) is 10.9. The van der Waals surface area contributed by atoms with E-state index in [-0.39, 0.29) is 69.8 Å². The normalized spacial score (nSPS) is 11.5. The summed E-state index contributed by atoms with van der Waals surface area (Å²) in [6, 6.07) is 0. The van der Waals surface area contributed by atoms with Crippen LogP contribution in [0.25, 0.3) is 0 Å². The molecule has 0 saturated heterocycles. The first-order valence-corrected chi connectivity index (χ1v) is 8.68. The summed E-state index contributed by atoms with van der Waals surface area (Å²) in [4.78, 5) is 0. The summed E-state index contributed by atoms with van der Waals surface area (Å²) >= 11 is 0. The van der Waals surface area contributed by atoms with E-state index in [4.69, 9.17) is 20.4 Å². The van der Waals surface area contributed by atoms with Gasteiger partial charge in [-0.05, 0) is 21.7 Å². The third kappa shape index (κ3) is 79.3. The van der Waals surface area contributed by atoms with E-state index < -0.39 is 0 Å². The maximum absolute atomic E-state index is 8.40. The molecule has 0 bridgehead atoms. The third-order valence-corrected chi connectivity index (χ3v) is 1.90. The summed E-state index contributed by atoms with van der Waals surface area (Å²) in [6.07, 6.45) is 0. The molecule has 4 N–H and O–H groups in total. The van der Waals surface area contributed by atoms with Crippen LogP contribution in [0.15, 0.2) is 0 Å². The number of aliphatic hydroxyl groups excluding tert-OH is 4. The van der Waals surface area contributed by atoms with Gasteiger partial charge >= 0.3 is 0 Å². The fourth-order valence-corrected chi connectivity index (χ4v) is 0. The Morgan fingerprint density at radius 3 is 0.400 bits per heavy atom. The molecule has 0 aromatic heterocycles. The topological polar surface area (TPSA) is 80.9 Å². The molecule has 0 aliphatic carbocycles. The smallest absolute Gasteiger partial charge is 0.0479 e. The van der Waals surface area contributed by atoms with Crippen LogP contribution in [0.1, 0.15) is 83.1 Å². The molecule has 0 heterocycles. The van der Waals surface area contributed by atoms with Crippen LogP contribution in [0.5, 0.6) is 0 Å². The Labute approximate surface area is 173 Å². The Bertz CT molecular complexity index is 197. The van der Waals surface area contributed by atoms with Crippen molar-refractivity contribution in [1.82, 2.24) is 0 Å². The molecule has 5 heteroatoms. The van der Waals surface area contributed by atoms with Gasteiger partial charge in [0.2, 0.25) is 0 Å². The molecule has 0 unspecified atom stereocenters. The SMILES string of the molecule is CC(C)(C)CO.CC(C)(C)CO.CC(C)(C)CO.CC(C)(C)CO.[Ti]. The van der Waals surface area contributed by atoms with Crippen molar-refractivity contribution in [2.75, 3.05) is 26.4 Å². The van der Waals surface area contributed by atoms with E-state index in [0.717, 1.165) is 0 Å². The second-order valence-corrected chi connectivity index (χ2v) is 10.9. The van der Waals surface area contributed by atoms with Crippen LogP contribution in [0, 0.1) is 21.7 Å². The molecule has 0 amide bonds. The average molecular weight is 400 g/mol. The van der Waals surface area contributed by atoms with Crippen molar-refractivity contribution in [3.63, 3.8) is 0 Å². The van der Waals surface area contributed by atoms with Crippen LogP contribution in [-0.2, 0) is 21.7 Å². The van der Waals surface area contributed by atoms with E-state index >= 15 is 0 Å². The summed E-state index contributed by atoms with van der Waals surface area (Å²) in [5.74, 6) is 0. The molecule has 0 fully saturated rings. The fourth-order valence-electron chi connectivity index (χ4n) is 0. The van der Waals surface area contributed by atoms with E-state index in [1.54, 1.807) is 0 Å². The van der Waals surface area contributed by atoms with E-state index in [1.807, 2.05) is 83.1 Å². The maximum Gasteiger partial charge on any atom is 0.0479 e. The molecule has 0 atom stereocenters.